The molecule has 0 atom stereocenters. The standard InChI is InChI=1S/C26H37N7OS/c1-17-11-13-31(14-12-17)25-29-30-26(33(25)21-9-10-21)35-16-23(34)28-24-22(15-27)18(2)19(3)32(24)20-7-5-4-6-8-20/h17,20-21H,4-14,16H2,1-3H3,(H,28,34). The molecule has 0 spiro atoms. The van der Waals surface area contributed by atoms with Gasteiger partial charge in [0.25, 0.3) is 0 Å². The van der Waals surface area contributed by atoms with Crippen LogP contribution in [0.2, 0.25) is 0 Å². The van der Waals surface area contributed by atoms with Crippen LogP contribution in [0.4, 0.5) is 11.8 Å². The summed E-state index contributed by atoms with van der Waals surface area (Å²) in [7, 11) is 0. The Morgan fingerprint density at radius 2 is 1.71 bits per heavy atom. The van der Waals surface area contributed by atoms with Crippen molar-refractivity contribution in [2.24, 2.45) is 5.92 Å². The van der Waals surface area contributed by atoms with Crippen molar-refractivity contribution in [2.75, 3.05) is 29.1 Å². The highest BCUT2D eigenvalue weighted by Crippen LogP contribution is 2.42. The van der Waals surface area contributed by atoms with E-state index in [1.807, 2.05) is 6.92 Å². The van der Waals surface area contributed by atoms with E-state index in [1.165, 1.54) is 43.9 Å². The fourth-order valence-electron chi connectivity index (χ4n) is 5.63. The van der Waals surface area contributed by atoms with Crippen LogP contribution in [-0.2, 0) is 4.79 Å². The van der Waals surface area contributed by atoms with Gasteiger partial charge in [-0.2, -0.15) is 5.26 Å². The highest BCUT2D eigenvalue weighted by atomic mass is 32.2. The zero-order valence-corrected chi connectivity index (χ0v) is 22.0. The summed E-state index contributed by atoms with van der Waals surface area (Å²) >= 11 is 1.45. The fourth-order valence-corrected chi connectivity index (χ4v) is 6.43. The van der Waals surface area contributed by atoms with E-state index in [0.29, 0.717) is 23.5 Å². The first-order valence-electron chi connectivity index (χ1n) is 13.2. The molecule has 8 nitrogen and oxygen atoms in total. The maximum Gasteiger partial charge on any atom is 0.235 e. The number of hydrogen-bond acceptors (Lipinski definition) is 6. The van der Waals surface area contributed by atoms with Crippen LogP contribution in [0.5, 0.6) is 0 Å². The predicted molar refractivity (Wildman–Crippen MR) is 139 cm³/mol. The lowest BCUT2D eigenvalue weighted by atomic mass is 9.95. The summed E-state index contributed by atoms with van der Waals surface area (Å²) in [6.07, 6.45) is 10.5. The second-order valence-electron chi connectivity index (χ2n) is 10.6. The van der Waals surface area contributed by atoms with Gasteiger partial charge < -0.3 is 14.8 Å². The third kappa shape index (κ3) is 4.95. The number of hydrogen-bond donors (Lipinski definition) is 1. The Balaban J connectivity index is 1.31. The third-order valence-electron chi connectivity index (χ3n) is 8.02. The van der Waals surface area contributed by atoms with Crippen molar-refractivity contribution in [3.63, 3.8) is 0 Å². The molecule has 0 aromatic carbocycles. The number of rotatable bonds is 7. The molecule has 2 saturated carbocycles. The quantitative estimate of drug-likeness (QED) is 0.519. The topological polar surface area (TPSA) is 91.8 Å². The van der Waals surface area contributed by atoms with Crippen LogP contribution in [0.3, 0.4) is 0 Å². The molecule has 1 aliphatic heterocycles. The minimum atomic E-state index is -0.0975. The van der Waals surface area contributed by atoms with Crippen LogP contribution >= 0.6 is 11.8 Å². The molecule has 9 heteroatoms. The van der Waals surface area contributed by atoms with Crippen molar-refractivity contribution in [1.82, 2.24) is 19.3 Å². The summed E-state index contributed by atoms with van der Waals surface area (Å²) in [6, 6.07) is 3.14. The Bertz CT molecular complexity index is 1110. The van der Waals surface area contributed by atoms with E-state index < -0.39 is 0 Å². The lowest BCUT2D eigenvalue weighted by Gasteiger charge is -2.31. The summed E-state index contributed by atoms with van der Waals surface area (Å²) in [4.78, 5) is 15.5. The molecule has 5 rings (SSSR count). The van der Waals surface area contributed by atoms with Gasteiger partial charge in [0, 0.05) is 30.9 Å². The van der Waals surface area contributed by atoms with Gasteiger partial charge in [-0.1, -0.05) is 37.9 Å². The largest absolute Gasteiger partial charge is 0.341 e. The van der Waals surface area contributed by atoms with Gasteiger partial charge in [0.2, 0.25) is 11.9 Å². The van der Waals surface area contributed by atoms with E-state index in [0.717, 1.165) is 67.1 Å². The van der Waals surface area contributed by atoms with E-state index in [9.17, 15) is 10.1 Å². The van der Waals surface area contributed by atoms with E-state index in [4.69, 9.17) is 0 Å². The number of nitriles is 1. The van der Waals surface area contributed by atoms with Crippen molar-refractivity contribution in [1.29, 1.82) is 5.26 Å². The maximum atomic E-state index is 13.1. The van der Waals surface area contributed by atoms with Gasteiger partial charge in [0.15, 0.2) is 5.16 Å². The van der Waals surface area contributed by atoms with E-state index >= 15 is 0 Å². The molecule has 1 amide bonds. The second kappa shape index (κ2) is 10.3. The Labute approximate surface area is 212 Å². The van der Waals surface area contributed by atoms with Crippen molar-refractivity contribution < 1.29 is 4.79 Å². The molecule has 35 heavy (non-hydrogen) atoms. The number of carbonyl (C=O) groups is 1. The number of thioether (sulfide) groups is 1. The van der Waals surface area contributed by atoms with Crippen LogP contribution in [0.15, 0.2) is 5.16 Å². The number of amides is 1. The number of nitrogens with zero attached hydrogens (tertiary/aromatic N) is 6. The molecule has 2 aromatic rings. The average molecular weight is 496 g/mol. The van der Waals surface area contributed by atoms with E-state index in [-0.39, 0.29) is 11.7 Å². The van der Waals surface area contributed by atoms with Crippen LogP contribution < -0.4 is 10.2 Å². The first-order valence-corrected chi connectivity index (χ1v) is 14.2. The first-order chi connectivity index (χ1) is 17.0. The Morgan fingerprint density at radius 1 is 1.03 bits per heavy atom. The maximum absolute atomic E-state index is 13.1. The normalized spacial score (nSPS) is 19.7. The van der Waals surface area contributed by atoms with Crippen molar-refractivity contribution in [3.05, 3.63) is 16.8 Å². The molecule has 3 heterocycles. The second-order valence-corrected chi connectivity index (χ2v) is 11.5. The minimum absolute atomic E-state index is 0.0975. The molecular weight excluding hydrogens is 458 g/mol. The molecule has 0 unspecified atom stereocenters. The first kappa shape index (κ1) is 24.2. The van der Waals surface area contributed by atoms with Gasteiger partial charge in [-0.25, -0.2) is 0 Å². The Kier molecular flexibility index (Phi) is 7.10. The molecule has 3 aliphatic rings. The van der Waals surface area contributed by atoms with Crippen molar-refractivity contribution >= 4 is 29.4 Å². The van der Waals surface area contributed by atoms with Crippen molar-refractivity contribution in [2.45, 2.75) is 95.8 Å². The molecule has 2 aromatic heterocycles. The average Bonchev–Trinajstić information content (AvgIpc) is 3.57. The molecule has 1 N–H and O–H groups in total. The van der Waals surface area contributed by atoms with Gasteiger partial charge in [0.05, 0.1) is 11.3 Å². The Morgan fingerprint density at radius 3 is 2.37 bits per heavy atom. The molecule has 2 aliphatic carbocycles. The van der Waals surface area contributed by atoms with E-state index in [2.05, 4.69) is 49.5 Å². The van der Waals surface area contributed by atoms with Crippen LogP contribution in [0.25, 0.3) is 0 Å². The zero-order valence-electron chi connectivity index (χ0n) is 21.2. The lowest BCUT2D eigenvalue weighted by molar-refractivity contribution is -0.113. The molecule has 188 valence electrons. The predicted octanol–water partition coefficient (Wildman–Crippen LogP) is 5.38. The molecule has 0 bridgehead atoms. The molecule has 1 saturated heterocycles. The highest BCUT2D eigenvalue weighted by Gasteiger charge is 2.33. The number of carbonyl (C=O) groups excluding carboxylic acids is 1. The number of nitrogens with one attached hydrogen (secondary N) is 1. The molecular formula is C26H37N7OS. The number of aromatic nitrogens is 4. The smallest absolute Gasteiger partial charge is 0.235 e. The number of anilines is 2. The molecule has 3 fully saturated rings. The van der Waals surface area contributed by atoms with E-state index in [1.54, 1.807) is 0 Å². The number of piperidine rings is 1. The summed E-state index contributed by atoms with van der Waals surface area (Å²) in [5.41, 5.74) is 2.65. The highest BCUT2D eigenvalue weighted by molar-refractivity contribution is 7.99. The zero-order chi connectivity index (χ0) is 24.5. The van der Waals surface area contributed by atoms with Gasteiger partial charge in [-0.3, -0.25) is 9.36 Å². The van der Waals surface area contributed by atoms with Crippen LogP contribution in [-0.4, -0.2) is 44.1 Å². The summed E-state index contributed by atoms with van der Waals surface area (Å²) in [6.45, 7) is 8.40. The SMILES string of the molecule is Cc1c(C#N)c(NC(=O)CSc2nnc(N3CCC(C)CC3)n2C2CC2)n(C2CCCCC2)c1C. The van der Waals surface area contributed by atoms with Crippen molar-refractivity contribution in [3.8, 4) is 6.07 Å². The monoisotopic (exact) mass is 495 g/mol. The summed E-state index contributed by atoms with van der Waals surface area (Å²) in [5.74, 6) is 2.55. The summed E-state index contributed by atoms with van der Waals surface area (Å²) in [5, 5.41) is 22.8. The fraction of sp³-hybridized carbons (Fsp3) is 0.692. The van der Waals surface area contributed by atoms with Gasteiger partial charge in [-0.05, 0) is 63.9 Å². The minimum Gasteiger partial charge on any atom is -0.341 e. The third-order valence-corrected chi connectivity index (χ3v) is 8.97. The van der Waals surface area contributed by atoms with Gasteiger partial charge in [-0.15, -0.1) is 10.2 Å². The lowest BCUT2D eigenvalue weighted by Crippen LogP contribution is -2.34. The van der Waals surface area contributed by atoms with Crippen LogP contribution in [0.1, 0.15) is 93.6 Å². The van der Waals surface area contributed by atoms with Gasteiger partial charge >= 0.3 is 0 Å². The Hall–Kier alpha value is -2.47. The summed E-state index contributed by atoms with van der Waals surface area (Å²) < 4.78 is 4.48. The van der Waals surface area contributed by atoms with Crippen LogP contribution in [0, 0.1) is 31.1 Å². The van der Waals surface area contributed by atoms with Gasteiger partial charge in [0.1, 0.15) is 11.9 Å². The molecule has 0 radical (unpaired) electrons.